The number of H-pyrrole nitrogens is 2. The van der Waals surface area contributed by atoms with E-state index in [1.807, 2.05) is 24.3 Å². The van der Waals surface area contributed by atoms with E-state index in [4.69, 9.17) is 4.74 Å². The molecule has 0 bridgehead atoms. The van der Waals surface area contributed by atoms with Crippen molar-refractivity contribution < 1.29 is 4.74 Å². The smallest absolute Gasteiger partial charge is 0.267 e. The average molecular weight is 204 g/mol. The zero-order chi connectivity index (χ0) is 10.8. The van der Waals surface area contributed by atoms with Gasteiger partial charge in [0.25, 0.3) is 5.56 Å². The summed E-state index contributed by atoms with van der Waals surface area (Å²) in [5.74, 6) is 0.772. The van der Waals surface area contributed by atoms with Crippen LogP contribution in [0.2, 0.25) is 0 Å². The molecule has 78 valence electrons. The third-order valence-corrected chi connectivity index (χ3v) is 2.38. The van der Waals surface area contributed by atoms with E-state index in [0.29, 0.717) is 5.56 Å². The zero-order valence-corrected chi connectivity index (χ0v) is 8.63. The number of aromatic nitrogens is 2. The maximum Gasteiger partial charge on any atom is 0.267 e. The van der Waals surface area contributed by atoms with Gasteiger partial charge >= 0.3 is 0 Å². The summed E-state index contributed by atoms with van der Waals surface area (Å²) in [6, 6.07) is 7.56. The van der Waals surface area contributed by atoms with Gasteiger partial charge in [-0.1, -0.05) is 12.1 Å². The van der Waals surface area contributed by atoms with Gasteiger partial charge in [-0.3, -0.25) is 15.0 Å². The summed E-state index contributed by atoms with van der Waals surface area (Å²) >= 11 is 0. The molecule has 0 fully saturated rings. The van der Waals surface area contributed by atoms with Crippen LogP contribution in [0.25, 0.3) is 11.3 Å². The number of ether oxygens (including phenoxy) is 1. The van der Waals surface area contributed by atoms with E-state index in [2.05, 4.69) is 10.2 Å². The normalized spacial score (nSPS) is 10.3. The molecule has 0 aliphatic rings. The minimum absolute atomic E-state index is 0.0900. The van der Waals surface area contributed by atoms with E-state index in [1.54, 1.807) is 14.0 Å². The molecular formula is C11H12N2O2. The summed E-state index contributed by atoms with van der Waals surface area (Å²) < 4.78 is 5.12. The molecule has 4 heteroatoms. The molecule has 15 heavy (non-hydrogen) atoms. The molecule has 0 amide bonds. The van der Waals surface area contributed by atoms with E-state index >= 15 is 0 Å². The number of aromatic amines is 2. The van der Waals surface area contributed by atoms with Gasteiger partial charge < -0.3 is 4.74 Å². The first kappa shape index (κ1) is 9.58. The highest BCUT2D eigenvalue weighted by Gasteiger charge is 2.07. The fourth-order valence-electron chi connectivity index (χ4n) is 1.49. The number of nitrogens with one attached hydrogen (secondary N) is 2. The predicted octanol–water partition coefficient (Wildman–Crippen LogP) is 1.69. The minimum atomic E-state index is -0.0900. The summed E-state index contributed by atoms with van der Waals surface area (Å²) in [5.41, 5.74) is 2.33. The van der Waals surface area contributed by atoms with E-state index in [-0.39, 0.29) is 5.56 Å². The van der Waals surface area contributed by atoms with Crippen molar-refractivity contribution in [3.63, 3.8) is 0 Å². The quantitative estimate of drug-likeness (QED) is 0.782. The molecule has 0 saturated carbocycles. The lowest BCUT2D eigenvalue weighted by Gasteiger charge is -2.02. The molecule has 2 aromatic rings. The van der Waals surface area contributed by atoms with Crippen molar-refractivity contribution in [1.29, 1.82) is 0 Å². The van der Waals surface area contributed by atoms with Gasteiger partial charge in [-0.05, 0) is 19.1 Å². The van der Waals surface area contributed by atoms with Gasteiger partial charge in [0.2, 0.25) is 0 Å². The van der Waals surface area contributed by atoms with Crippen LogP contribution in [0.4, 0.5) is 0 Å². The van der Waals surface area contributed by atoms with Crippen LogP contribution in [-0.4, -0.2) is 17.3 Å². The van der Waals surface area contributed by atoms with Gasteiger partial charge in [-0.25, -0.2) is 0 Å². The second-order valence-electron chi connectivity index (χ2n) is 3.31. The Kier molecular flexibility index (Phi) is 2.33. The maximum absolute atomic E-state index is 11.2. The van der Waals surface area contributed by atoms with Gasteiger partial charge in [-0.2, -0.15) is 0 Å². The standard InChI is InChI=1S/C11H12N2O2/c1-7-10(12-13-11(7)14)8-4-3-5-9(6-8)15-2/h3-6H,1-2H3,(H2,12,13,14). The van der Waals surface area contributed by atoms with Crippen LogP contribution >= 0.6 is 0 Å². The molecule has 0 radical (unpaired) electrons. The molecule has 1 aromatic carbocycles. The second-order valence-corrected chi connectivity index (χ2v) is 3.31. The lowest BCUT2D eigenvalue weighted by atomic mass is 10.1. The Morgan fingerprint density at radius 1 is 1.27 bits per heavy atom. The molecule has 0 saturated heterocycles. The lowest BCUT2D eigenvalue weighted by molar-refractivity contribution is 0.415. The Hall–Kier alpha value is -1.97. The highest BCUT2D eigenvalue weighted by atomic mass is 16.5. The first-order chi connectivity index (χ1) is 7.22. The van der Waals surface area contributed by atoms with Crippen LogP contribution in [0.15, 0.2) is 29.1 Å². The van der Waals surface area contributed by atoms with Crippen molar-refractivity contribution in [3.8, 4) is 17.0 Å². The molecule has 0 spiro atoms. The molecule has 2 N–H and O–H groups in total. The lowest BCUT2D eigenvalue weighted by Crippen LogP contribution is -2.00. The SMILES string of the molecule is COc1cccc(-c2[nH][nH]c(=O)c2C)c1. The summed E-state index contributed by atoms with van der Waals surface area (Å²) in [7, 11) is 1.62. The maximum atomic E-state index is 11.2. The van der Waals surface area contributed by atoms with Gasteiger partial charge in [-0.15, -0.1) is 0 Å². The van der Waals surface area contributed by atoms with Crippen LogP contribution in [-0.2, 0) is 0 Å². The van der Waals surface area contributed by atoms with Crippen LogP contribution in [0, 0.1) is 6.92 Å². The van der Waals surface area contributed by atoms with Gasteiger partial charge in [0.1, 0.15) is 5.75 Å². The molecule has 0 unspecified atom stereocenters. The predicted molar refractivity (Wildman–Crippen MR) is 58.1 cm³/mol. The van der Waals surface area contributed by atoms with Gasteiger partial charge in [0, 0.05) is 11.1 Å². The minimum Gasteiger partial charge on any atom is -0.497 e. The number of benzene rings is 1. The van der Waals surface area contributed by atoms with Crippen LogP contribution < -0.4 is 10.3 Å². The van der Waals surface area contributed by atoms with Gasteiger partial charge in [0.05, 0.1) is 12.8 Å². The summed E-state index contributed by atoms with van der Waals surface area (Å²) in [6.07, 6.45) is 0. The van der Waals surface area contributed by atoms with Crippen molar-refractivity contribution in [3.05, 3.63) is 40.2 Å². The van der Waals surface area contributed by atoms with Crippen molar-refractivity contribution in [1.82, 2.24) is 10.2 Å². The van der Waals surface area contributed by atoms with Crippen LogP contribution in [0.1, 0.15) is 5.56 Å². The Morgan fingerprint density at radius 3 is 2.67 bits per heavy atom. The molecule has 1 aromatic heterocycles. The summed E-state index contributed by atoms with van der Waals surface area (Å²) in [4.78, 5) is 11.2. The van der Waals surface area contributed by atoms with Crippen LogP contribution in [0.3, 0.4) is 0 Å². The largest absolute Gasteiger partial charge is 0.497 e. The summed E-state index contributed by atoms with van der Waals surface area (Å²) in [5, 5.41) is 5.40. The van der Waals surface area contributed by atoms with E-state index < -0.39 is 0 Å². The van der Waals surface area contributed by atoms with Crippen molar-refractivity contribution in [2.24, 2.45) is 0 Å². The molecule has 2 rings (SSSR count). The Balaban J connectivity index is 2.54. The summed E-state index contributed by atoms with van der Waals surface area (Å²) in [6.45, 7) is 1.78. The molecular weight excluding hydrogens is 192 g/mol. The zero-order valence-electron chi connectivity index (χ0n) is 8.63. The van der Waals surface area contributed by atoms with Crippen LogP contribution in [0.5, 0.6) is 5.75 Å². The molecule has 0 aliphatic carbocycles. The average Bonchev–Trinajstić information content (AvgIpc) is 2.60. The molecule has 0 atom stereocenters. The molecule has 0 aliphatic heterocycles. The number of methoxy groups -OCH3 is 1. The van der Waals surface area contributed by atoms with Crippen molar-refractivity contribution in [2.75, 3.05) is 7.11 Å². The first-order valence-corrected chi connectivity index (χ1v) is 4.64. The van der Waals surface area contributed by atoms with Gasteiger partial charge in [0.15, 0.2) is 0 Å². The molecule has 1 heterocycles. The topological polar surface area (TPSA) is 57.9 Å². The number of rotatable bonds is 2. The Bertz CT molecular complexity index is 525. The highest BCUT2D eigenvalue weighted by Crippen LogP contribution is 2.22. The third-order valence-electron chi connectivity index (χ3n) is 2.38. The fourth-order valence-corrected chi connectivity index (χ4v) is 1.49. The Morgan fingerprint density at radius 2 is 2.07 bits per heavy atom. The van der Waals surface area contributed by atoms with Crippen molar-refractivity contribution in [2.45, 2.75) is 6.92 Å². The van der Waals surface area contributed by atoms with Crippen molar-refractivity contribution >= 4 is 0 Å². The fraction of sp³-hybridized carbons (Fsp3) is 0.182. The number of hydrogen-bond donors (Lipinski definition) is 2. The number of hydrogen-bond acceptors (Lipinski definition) is 2. The van der Waals surface area contributed by atoms with E-state index in [0.717, 1.165) is 17.0 Å². The van der Waals surface area contributed by atoms with E-state index in [9.17, 15) is 4.79 Å². The van der Waals surface area contributed by atoms with E-state index in [1.165, 1.54) is 0 Å². The monoisotopic (exact) mass is 204 g/mol. The third kappa shape index (κ3) is 1.66. The Labute approximate surface area is 86.9 Å². The first-order valence-electron chi connectivity index (χ1n) is 4.64. The second kappa shape index (κ2) is 3.65. The molecule has 4 nitrogen and oxygen atoms in total. The highest BCUT2D eigenvalue weighted by molar-refractivity contribution is 5.63.